The molecule has 2 unspecified atom stereocenters. The van der Waals surface area contributed by atoms with E-state index in [1.165, 1.54) is 0 Å². The molecular formula is C14H20BrClN2O. The Labute approximate surface area is 129 Å². The molecule has 0 bridgehead atoms. The largest absolute Gasteiger partial charge is 0.333 e. The number of hydrogen-bond acceptors (Lipinski definition) is 2. The lowest BCUT2D eigenvalue weighted by molar-refractivity contribution is 0.0602. The molecule has 1 N–H and O–H groups in total. The Hall–Kier alpha value is -0.580. The third kappa shape index (κ3) is 3.50. The van der Waals surface area contributed by atoms with Crippen molar-refractivity contribution >= 4 is 34.2 Å². The Morgan fingerprint density at radius 3 is 2.74 bits per heavy atom. The first-order valence-corrected chi connectivity index (χ1v) is 7.10. The monoisotopic (exact) mass is 346 g/mol. The highest BCUT2D eigenvalue weighted by molar-refractivity contribution is 9.10. The Morgan fingerprint density at radius 1 is 1.42 bits per heavy atom. The number of carbonyl (C=O) groups is 1. The molecule has 0 spiro atoms. The van der Waals surface area contributed by atoms with E-state index in [0.29, 0.717) is 6.04 Å². The second kappa shape index (κ2) is 6.73. The third-order valence-corrected chi connectivity index (χ3v) is 4.31. The summed E-state index contributed by atoms with van der Waals surface area (Å²) in [4.78, 5) is 14.5. The minimum Gasteiger partial charge on any atom is -0.333 e. The number of piperazine rings is 1. The SMILES string of the molecule is Cc1ccc(C(=O)N2CCNC(C)C2C)c(Br)c1.Cl. The van der Waals surface area contributed by atoms with Gasteiger partial charge in [0.15, 0.2) is 0 Å². The number of benzene rings is 1. The van der Waals surface area contributed by atoms with Crippen LogP contribution >= 0.6 is 28.3 Å². The van der Waals surface area contributed by atoms with E-state index < -0.39 is 0 Å². The number of halogens is 2. The van der Waals surface area contributed by atoms with Gasteiger partial charge in [-0.05, 0) is 54.4 Å². The van der Waals surface area contributed by atoms with Crippen molar-refractivity contribution in [3.63, 3.8) is 0 Å². The maximum atomic E-state index is 12.6. The van der Waals surface area contributed by atoms with Crippen LogP contribution in [0.2, 0.25) is 0 Å². The van der Waals surface area contributed by atoms with E-state index in [-0.39, 0.29) is 24.4 Å². The van der Waals surface area contributed by atoms with Gasteiger partial charge in [0, 0.05) is 29.6 Å². The molecule has 1 aliphatic rings. The second-order valence-electron chi connectivity index (χ2n) is 4.97. The van der Waals surface area contributed by atoms with Crippen molar-refractivity contribution in [2.75, 3.05) is 13.1 Å². The van der Waals surface area contributed by atoms with Crippen molar-refractivity contribution in [1.29, 1.82) is 0 Å². The molecule has 1 saturated heterocycles. The summed E-state index contributed by atoms with van der Waals surface area (Å²) in [7, 11) is 0. The highest BCUT2D eigenvalue weighted by atomic mass is 79.9. The topological polar surface area (TPSA) is 32.3 Å². The zero-order valence-corrected chi connectivity index (χ0v) is 13.8. The van der Waals surface area contributed by atoms with Crippen molar-refractivity contribution in [1.82, 2.24) is 10.2 Å². The van der Waals surface area contributed by atoms with Crippen LogP contribution in [-0.4, -0.2) is 36.0 Å². The first-order valence-electron chi connectivity index (χ1n) is 6.31. The van der Waals surface area contributed by atoms with E-state index in [9.17, 15) is 4.79 Å². The lowest BCUT2D eigenvalue weighted by Crippen LogP contribution is -2.57. The summed E-state index contributed by atoms with van der Waals surface area (Å²) < 4.78 is 0.880. The Morgan fingerprint density at radius 2 is 2.11 bits per heavy atom. The lowest BCUT2D eigenvalue weighted by Gasteiger charge is -2.38. The van der Waals surface area contributed by atoms with Crippen LogP contribution < -0.4 is 5.32 Å². The Kier molecular flexibility index (Phi) is 5.83. The summed E-state index contributed by atoms with van der Waals surface area (Å²) in [5, 5.41) is 3.39. The maximum absolute atomic E-state index is 12.6. The maximum Gasteiger partial charge on any atom is 0.255 e. The number of nitrogens with zero attached hydrogens (tertiary/aromatic N) is 1. The fourth-order valence-corrected chi connectivity index (χ4v) is 2.95. The molecule has 2 rings (SSSR count). The highest BCUT2D eigenvalue weighted by Crippen LogP contribution is 2.22. The molecule has 2 atom stereocenters. The minimum atomic E-state index is 0. The van der Waals surface area contributed by atoms with Crippen LogP contribution in [0.4, 0.5) is 0 Å². The number of nitrogens with one attached hydrogen (secondary N) is 1. The van der Waals surface area contributed by atoms with Crippen LogP contribution in [0.25, 0.3) is 0 Å². The quantitative estimate of drug-likeness (QED) is 0.847. The van der Waals surface area contributed by atoms with E-state index >= 15 is 0 Å². The summed E-state index contributed by atoms with van der Waals surface area (Å²) in [5.74, 6) is 0.114. The molecule has 1 aromatic carbocycles. The predicted molar refractivity (Wildman–Crippen MR) is 84.1 cm³/mol. The molecule has 5 heteroatoms. The molecule has 1 heterocycles. The minimum absolute atomic E-state index is 0. The van der Waals surface area contributed by atoms with Crippen LogP contribution in [0.5, 0.6) is 0 Å². The summed E-state index contributed by atoms with van der Waals surface area (Å²) >= 11 is 3.49. The van der Waals surface area contributed by atoms with Gasteiger partial charge in [-0.15, -0.1) is 12.4 Å². The van der Waals surface area contributed by atoms with Crippen LogP contribution in [0.15, 0.2) is 22.7 Å². The van der Waals surface area contributed by atoms with Gasteiger partial charge in [-0.25, -0.2) is 0 Å². The van der Waals surface area contributed by atoms with Crippen molar-refractivity contribution in [3.05, 3.63) is 33.8 Å². The molecule has 19 heavy (non-hydrogen) atoms. The normalized spacial score (nSPS) is 22.8. The van der Waals surface area contributed by atoms with Gasteiger partial charge in [-0.3, -0.25) is 4.79 Å². The summed E-state index contributed by atoms with van der Waals surface area (Å²) in [5.41, 5.74) is 1.90. The van der Waals surface area contributed by atoms with Gasteiger partial charge in [-0.1, -0.05) is 6.07 Å². The van der Waals surface area contributed by atoms with Gasteiger partial charge in [-0.2, -0.15) is 0 Å². The molecule has 1 aliphatic heterocycles. The van der Waals surface area contributed by atoms with Gasteiger partial charge in [0.2, 0.25) is 0 Å². The van der Waals surface area contributed by atoms with Crippen molar-refractivity contribution in [3.8, 4) is 0 Å². The number of hydrogen-bond donors (Lipinski definition) is 1. The first kappa shape index (κ1) is 16.5. The highest BCUT2D eigenvalue weighted by Gasteiger charge is 2.29. The Bertz CT molecular complexity index is 467. The molecule has 1 amide bonds. The molecule has 0 aromatic heterocycles. The molecule has 0 radical (unpaired) electrons. The average Bonchev–Trinajstić information content (AvgIpc) is 2.32. The zero-order valence-electron chi connectivity index (χ0n) is 11.4. The summed E-state index contributed by atoms with van der Waals surface area (Å²) in [6.45, 7) is 7.87. The molecule has 106 valence electrons. The Balaban J connectivity index is 0.00000180. The summed E-state index contributed by atoms with van der Waals surface area (Å²) in [6, 6.07) is 6.44. The van der Waals surface area contributed by atoms with Crippen molar-refractivity contribution < 1.29 is 4.79 Å². The lowest BCUT2D eigenvalue weighted by atomic mass is 10.0. The molecular weight excluding hydrogens is 328 g/mol. The van der Waals surface area contributed by atoms with Crippen molar-refractivity contribution in [2.45, 2.75) is 32.9 Å². The van der Waals surface area contributed by atoms with E-state index in [4.69, 9.17) is 0 Å². The number of rotatable bonds is 1. The number of aryl methyl sites for hydroxylation is 1. The van der Waals surface area contributed by atoms with Gasteiger partial charge in [0.25, 0.3) is 5.91 Å². The number of amides is 1. The van der Waals surface area contributed by atoms with E-state index in [1.54, 1.807) is 0 Å². The van der Waals surface area contributed by atoms with Crippen LogP contribution in [0.1, 0.15) is 29.8 Å². The second-order valence-corrected chi connectivity index (χ2v) is 5.82. The van der Waals surface area contributed by atoms with Crippen LogP contribution in [-0.2, 0) is 0 Å². The molecule has 0 saturated carbocycles. The standard InChI is InChI=1S/C14H19BrN2O.ClH/c1-9-4-5-12(13(15)8-9)14(18)17-7-6-16-10(2)11(17)3;/h4-5,8,10-11,16H,6-7H2,1-3H3;1H. The molecule has 0 aliphatic carbocycles. The van der Waals surface area contributed by atoms with Crippen LogP contribution in [0, 0.1) is 6.92 Å². The van der Waals surface area contributed by atoms with E-state index in [1.807, 2.05) is 30.0 Å². The zero-order chi connectivity index (χ0) is 13.3. The molecule has 3 nitrogen and oxygen atoms in total. The number of carbonyl (C=O) groups excluding carboxylic acids is 1. The smallest absolute Gasteiger partial charge is 0.255 e. The van der Waals surface area contributed by atoms with Gasteiger partial charge in [0.1, 0.15) is 0 Å². The van der Waals surface area contributed by atoms with Gasteiger partial charge < -0.3 is 10.2 Å². The van der Waals surface area contributed by atoms with E-state index in [0.717, 1.165) is 28.7 Å². The molecule has 1 aromatic rings. The average molecular weight is 348 g/mol. The van der Waals surface area contributed by atoms with E-state index in [2.05, 4.69) is 35.1 Å². The van der Waals surface area contributed by atoms with Gasteiger partial charge >= 0.3 is 0 Å². The third-order valence-electron chi connectivity index (χ3n) is 3.65. The first-order chi connectivity index (χ1) is 8.50. The summed E-state index contributed by atoms with van der Waals surface area (Å²) in [6.07, 6.45) is 0. The van der Waals surface area contributed by atoms with Crippen LogP contribution in [0.3, 0.4) is 0 Å². The van der Waals surface area contributed by atoms with Gasteiger partial charge in [0.05, 0.1) is 5.56 Å². The fraction of sp³-hybridized carbons (Fsp3) is 0.500. The van der Waals surface area contributed by atoms with Crippen molar-refractivity contribution in [2.24, 2.45) is 0 Å². The predicted octanol–water partition coefficient (Wildman–Crippen LogP) is 3.00. The fourth-order valence-electron chi connectivity index (χ4n) is 2.29. The molecule has 1 fully saturated rings.